The van der Waals surface area contributed by atoms with Gasteiger partial charge in [-0.2, -0.15) is 0 Å². The molecule has 0 saturated heterocycles. The number of carbonyl (C=O) groups excluding carboxylic acids is 2. The van der Waals surface area contributed by atoms with Crippen LogP contribution in [0.5, 0.6) is 0 Å². The predicted octanol–water partition coefficient (Wildman–Crippen LogP) is 5.25. The summed E-state index contributed by atoms with van der Waals surface area (Å²) < 4.78 is 13.9. The number of halogens is 1. The molecule has 4 nitrogen and oxygen atoms in total. The van der Waals surface area contributed by atoms with Crippen LogP contribution in [-0.2, 0) is 9.59 Å². The number of anilines is 2. The van der Waals surface area contributed by atoms with Gasteiger partial charge >= 0.3 is 0 Å². The number of aryl methyl sites for hydroxylation is 2. The van der Waals surface area contributed by atoms with Crippen LogP contribution in [0.3, 0.4) is 0 Å². The van der Waals surface area contributed by atoms with Crippen molar-refractivity contribution in [2.75, 3.05) is 16.3 Å². The van der Waals surface area contributed by atoms with E-state index in [0.29, 0.717) is 23.4 Å². The van der Waals surface area contributed by atoms with Crippen LogP contribution >= 0.6 is 0 Å². The third-order valence-electron chi connectivity index (χ3n) is 5.43. The minimum Gasteiger partial charge on any atom is -0.337 e. The van der Waals surface area contributed by atoms with E-state index in [9.17, 15) is 14.0 Å². The Balaban J connectivity index is 1.95. The molecule has 0 saturated carbocycles. The number of likely N-dealkylation sites (N-methyl/N-ethyl adjacent to an activating group) is 1. The Morgan fingerprint density at radius 2 is 1.61 bits per heavy atom. The summed E-state index contributed by atoms with van der Waals surface area (Å²) in [6, 6.07) is 20.8. The number of rotatable bonds is 5. The Labute approximate surface area is 181 Å². The van der Waals surface area contributed by atoms with E-state index in [1.165, 1.54) is 18.2 Å². The van der Waals surface area contributed by atoms with Crippen LogP contribution in [0.2, 0.25) is 0 Å². The molecule has 1 heterocycles. The van der Waals surface area contributed by atoms with Crippen LogP contribution in [0.4, 0.5) is 15.8 Å². The normalized spacial score (nSPS) is 13.9. The number of hydrogen-bond acceptors (Lipinski definition) is 3. The topological polar surface area (TPSA) is 40.6 Å². The van der Waals surface area contributed by atoms with Gasteiger partial charge in [-0.3, -0.25) is 9.59 Å². The zero-order valence-corrected chi connectivity index (χ0v) is 17.7. The fourth-order valence-electron chi connectivity index (χ4n) is 4.03. The maximum Gasteiger partial charge on any atom is 0.282 e. The number of amides is 2. The van der Waals surface area contributed by atoms with Gasteiger partial charge in [0.1, 0.15) is 11.5 Å². The molecule has 0 aliphatic carbocycles. The molecule has 0 bridgehead atoms. The number of hydrogen-bond donors (Lipinski definition) is 0. The maximum absolute atomic E-state index is 13.9. The van der Waals surface area contributed by atoms with Crippen LogP contribution in [-0.4, -0.2) is 18.4 Å². The van der Waals surface area contributed by atoms with E-state index in [1.54, 1.807) is 6.07 Å². The SMILES string of the molecule is CCN(C1=C(c2ccc(C)cc2C)C(=O)N(c2cccc(F)c2)C1=O)c1ccccc1. The van der Waals surface area contributed by atoms with Gasteiger partial charge in [-0.05, 0) is 62.2 Å². The van der Waals surface area contributed by atoms with Gasteiger partial charge in [-0.1, -0.05) is 48.0 Å². The standard InChI is InChI=1S/C26H23FN2O2/c1-4-28(20-10-6-5-7-11-20)24-23(22-14-13-17(2)15-18(22)3)25(30)29(26(24)31)21-12-8-9-19(27)16-21/h5-16H,4H2,1-3H3. The number of carbonyl (C=O) groups is 2. The summed E-state index contributed by atoms with van der Waals surface area (Å²) >= 11 is 0. The van der Waals surface area contributed by atoms with Crippen LogP contribution in [0.15, 0.2) is 78.5 Å². The zero-order valence-electron chi connectivity index (χ0n) is 17.7. The second-order valence-corrected chi connectivity index (χ2v) is 7.55. The highest BCUT2D eigenvalue weighted by atomic mass is 19.1. The quantitative estimate of drug-likeness (QED) is 0.535. The average molecular weight is 414 g/mol. The monoisotopic (exact) mass is 414 g/mol. The molecule has 31 heavy (non-hydrogen) atoms. The summed E-state index contributed by atoms with van der Waals surface area (Å²) in [6.07, 6.45) is 0. The van der Waals surface area contributed by atoms with Crippen molar-refractivity contribution in [2.24, 2.45) is 0 Å². The minimum atomic E-state index is -0.505. The highest BCUT2D eigenvalue weighted by Gasteiger charge is 2.43. The first kappa shape index (κ1) is 20.5. The van der Waals surface area contributed by atoms with Gasteiger partial charge in [0.2, 0.25) is 0 Å². The van der Waals surface area contributed by atoms with Gasteiger partial charge in [0.15, 0.2) is 0 Å². The molecule has 0 unspecified atom stereocenters. The van der Waals surface area contributed by atoms with Crippen LogP contribution < -0.4 is 9.80 Å². The van der Waals surface area contributed by atoms with E-state index in [-0.39, 0.29) is 5.69 Å². The van der Waals surface area contributed by atoms with Crippen molar-refractivity contribution in [3.63, 3.8) is 0 Å². The van der Waals surface area contributed by atoms with Crippen LogP contribution in [0, 0.1) is 19.7 Å². The van der Waals surface area contributed by atoms with Crippen LogP contribution in [0.25, 0.3) is 5.57 Å². The molecule has 3 aromatic rings. The minimum absolute atomic E-state index is 0.219. The summed E-state index contributed by atoms with van der Waals surface area (Å²) in [6.45, 7) is 6.33. The lowest BCUT2D eigenvalue weighted by Gasteiger charge is -2.25. The molecular formula is C26H23FN2O2. The van der Waals surface area contributed by atoms with Gasteiger partial charge in [-0.15, -0.1) is 0 Å². The largest absolute Gasteiger partial charge is 0.337 e. The highest BCUT2D eigenvalue weighted by Crippen LogP contribution is 2.37. The number of para-hydroxylation sites is 1. The van der Waals surface area contributed by atoms with Crippen molar-refractivity contribution in [2.45, 2.75) is 20.8 Å². The summed E-state index contributed by atoms with van der Waals surface area (Å²) in [5.74, 6) is -1.42. The smallest absolute Gasteiger partial charge is 0.282 e. The molecule has 0 fully saturated rings. The van der Waals surface area contributed by atoms with E-state index in [1.807, 2.05) is 74.2 Å². The third kappa shape index (κ3) is 3.63. The molecule has 5 heteroatoms. The molecular weight excluding hydrogens is 391 g/mol. The summed E-state index contributed by atoms with van der Waals surface area (Å²) in [7, 11) is 0. The van der Waals surface area contributed by atoms with E-state index >= 15 is 0 Å². The zero-order chi connectivity index (χ0) is 22.1. The van der Waals surface area contributed by atoms with E-state index in [0.717, 1.165) is 21.7 Å². The first-order valence-corrected chi connectivity index (χ1v) is 10.2. The molecule has 3 aromatic carbocycles. The number of imide groups is 1. The van der Waals surface area contributed by atoms with E-state index in [2.05, 4.69) is 0 Å². The number of nitrogens with zero attached hydrogens (tertiary/aromatic N) is 2. The lowest BCUT2D eigenvalue weighted by atomic mass is 9.97. The third-order valence-corrected chi connectivity index (χ3v) is 5.43. The Morgan fingerprint density at radius 1 is 0.871 bits per heavy atom. The molecule has 0 spiro atoms. The molecule has 2 amide bonds. The molecule has 4 rings (SSSR count). The van der Waals surface area contributed by atoms with Gasteiger partial charge < -0.3 is 4.90 Å². The predicted molar refractivity (Wildman–Crippen MR) is 121 cm³/mol. The van der Waals surface area contributed by atoms with Crippen molar-refractivity contribution in [3.05, 3.63) is 101 Å². The van der Waals surface area contributed by atoms with Crippen molar-refractivity contribution < 1.29 is 14.0 Å². The second kappa shape index (κ2) is 8.19. The first-order valence-electron chi connectivity index (χ1n) is 10.2. The Bertz CT molecular complexity index is 1200. The fraction of sp³-hybridized carbons (Fsp3) is 0.154. The molecule has 0 N–H and O–H groups in total. The Morgan fingerprint density at radius 3 is 2.26 bits per heavy atom. The fourth-order valence-corrected chi connectivity index (χ4v) is 4.03. The summed E-state index contributed by atoms with van der Waals surface area (Å²) in [5, 5.41) is 0. The molecule has 0 aromatic heterocycles. The van der Waals surface area contributed by atoms with E-state index in [4.69, 9.17) is 0 Å². The van der Waals surface area contributed by atoms with Crippen molar-refractivity contribution >= 4 is 28.8 Å². The lowest BCUT2D eigenvalue weighted by molar-refractivity contribution is -0.120. The van der Waals surface area contributed by atoms with Gasteiger partial charge in [0.05, 0.1) is 11.3 Å². The summed E-state index contributed by atoms with van der Waals surface area (Å²) in [5.41, 5.74) is 4.33. The highest BCUT2D eigenvalue weighted by molar-refractivity contribution is 6.46. The van der Waals surface area contributed by atoms with Crippen LogP contribution in [0.1, 0.15) is 23.6 Å². The van der Waals surface area contributed by atoms with Gasteiger partial charge in [0, 0.05) is 12.2 Å². The molecule has 0 atom stereocenters. The maximum atomic E-state index is 13.9. The van der Waals surface area contributed by atoms with Crippen molar-refractivity contribution in [1.29, 1.82) is 0 Å². The first-order chi connectivity index (χ1) is 14.9. The Kier molecular flexibility index (Phi) is 5.42. The summed E-state index contributed by atoms with van der Waals surface area (Å²) in [4.78, 5) is 30.2. The molecule has 1 aliphatic rings. The Hall–Kier alpha value is -3.73. The lowest BCUT2D eigenvalue weighted by Crippen LogP contribution is -2.35. The van der Waals surface area contributed by atoms with Crippen molar-refractivity contribution in [3.8, 4) is 0 Å². The average Bonchev–Trinajstić information content (AvgIpc) is 3.00. The second-order valence-electron chi connectivity index (χ2n) is 7.55. The molecule has 156 valence electrons. The van der Waals surface area contributed by atoms with Gasteiger partial charge in [-0.25, -0.2) is 9.29 Å². The molecule has 1 aliphatic heterocycles. The molecule has 0 radical (unpaired) electrons. The number of benzene rings is 3. The van der Waals surface area contributed by atoms with Crippen molar-refractivity contribution in [1.82, 2.24) is 0 Å². The van der Waals surface area contributed by atoms with Gasteiger partial charge in [0.25, 0.3) is 11.8 Å². The van der Waals surface area contributed by atoms with E-state index < -0.39 is 17.6 Å².